The molecule has 0 bridgehead atoms. The van der Waals surface area contributed by atoms with Gasteiger partial charge in [-0.3, -0.25) is 9.59 Å². The second-order valence-electron chi connectivity index (χ2n) is 9.60. The maximum absolute atomic E-state index is 13.7. The molecule has 5 nitrogen and oxygen atoms in total. The lowest BCUT2D eigenvalue weighted by Crippen LogP contribution is -2.52. The van der Waals surface area contributed by atoms with E-state index in [0.29, 0.717) is 34.3 Å². The molecule has 0 aliphatic rings. The van der Waals surface area contributed by atoms with Crippen LogP contribution in [0.1, 0.15) is 36.1 Å². The van der Waals surface area contributed by atoms with Crippen molar-refractivity contribution in [1.29, 1.82) is 0 Å². The summed E-state index contributed by atoms with van der Waals surface area (Å²) in [6.45, 7) is 8.40. The number of benzene rings is 3. The highest BCUT2D eigenvalue weighted by atomic mass is 35.5. The largest absolute Gasteiger partial charge is 0.484 e. The first-order chi connectivity index (χ1) is 17.7. The van der Waals surface area contributed by atoms with Crippen LogP contribution in [-0.2, 0) is 22.6 Å². The Bertz CT molecular complexity index is 1190. The van der Waals surface area contributed by atoms with E-state index in [4.69, 9.17) is 27.9 Å². The first-order valence-electron chi connectivity index (χ1n) is 12.4. The van der Waals surface area contributed by atoms with Crippen LogP contribution in [0.5, 0.6) is 5.75 Å². The summed E-state index contributed by atoms with van der Waals surface area (Å²) in [5, 5.41) is 3.86. The highest BCUT2D eigenvalue weighted by Gasteiger charge is 2.31. The van der Waals surface area contributed by atoms with Gasteiger partial charge < -0.3 is 15.0 Å². The Labute approximate surface area is 229 Å². The molecular formula is C30H34Cl2N2O3. The Hall–Kier alpha value is -3.02. The quantitative estimate of drug-likeness (QED) is 0.306. The number of nitrogens with one attached hydrogen (secondary N) is 1. The van der Waals surface area contributed by atoms with Crippen LogP contribution in [0.2, 0.25) is 10.0 Å². The molecule has 196 valence electrons. The van der Waals surface area contributed by atoms with Crippen molar-refractivity contribution >= 4 is 35.0 Å². The minimum Gasteiger partial charge on any atom is -0.484 e. The minimum absolute atomic E-state index is 0.0697. The zero-order valence-corrected chi connectivity index (χ0v) is 23.3. The number of halogens is 2. The highest BCUT2D eigenvalue weighted by Crippen LogP contribution is 2.27. The lowest BCUT2D eigenvalue weighted by atomic mass is 10.0. The lowest BCUT2D eigenvalue weighted by molar-refractivity contribution is -0.142. The number of rotatable bonds is 11. The molecule has 0 aliphatic heterocycles. The topological polar surface area (TPSA) is 58.6 Å². The van der Waals surface area contributed by atoms with Crippen molar-refractivity contribution in [1.82, 2.24) is 10.2 Å². The van der Waals surface area contributed by atoms with Gasteiger partial charge in [-0.05, 0) is 60.7 Å². The number of hydrogen-bond acceptors (Lipinski definition) is 3. The average molecular weight is 542 g/mol. The van der Waals surface area contributed by atoms with E-state index in [0.717, 1.165) is 16.7 Å². The summed E-state index contributed by atoms with van der Waals surface area (Å²) in [6.07, 6.45) is 0.336. The van der Waals surface area contributed by atoms with Crippen molar-refractivity contribution in [3.05, 3.63) is 99.0 Å². The van der Waals surface area contributed by atoms with Crippen LogP contribution >= 0.6 is 23.2 Å². The third-order valence-corrected chi connectivity index (χ3v) is 6.89. The molecule has 37 heavy (non-hydrogen) atoms. The third-order valence-electron chi connectivity index (χ3n) is 6.19. The third kappa shape index (κ3) is 8.24. The van der Waals surface area contributed by atoms with Crippen molar-refractivity contribution < 1.29 is 14.3 Å². The van der Waals surface area contributed by atoms with Crippen LogP contribution in [0.3, 0.4) is 0 Å². The molecule has 7 heteroatoms. The number of carbonyl (C=O) groups is 2. The monoisotopic (exact) mass is 540 g/mol. The minimum atomic E-state index is -0.788. The molecule has 0 spiro atoms. The Morgan fingerprint density at radius 1 is 0.919 bits per heavy atom. The van der Waals surface area contributed by atoms with Gasteiger partial charge in [0.1, 0.15) is 11.8 Å². The fourth-order valence-electron chi connectivity index (χ4n) is 3.86. The van der Waals surface area contributed by atoms with Crippen LogP contribution in [-0.4, -0.2) is 35.9 Å². The lowest BCUT2D eigenvalue weighted by Gasteiger charge is -2.32. The summed E-state index contributed by atoms with van der Waals surface area (Å²) in [6, 6.07) is 19.7. The number of hydrogen-bond donors (Lipinski definition) is 1. The maximum Gasteiger partial charge on any atom is 0.261 e. The van der Waals surface area contributed by atoms with Crippen LogP contribution in [0.15, 0.2) is 66.7 Å². The first-order valence-corrected chi connectivity index (χ1v) is 13.1. The summed E-state index contributed by atoms with van der Waals surface area (Å²) >= 11 is 13.0. The Balaban J connectivity index is 1.95. The summed E-state index contributed by atoms with van der Waals surface area (Å²) in [5.74, 6) is 0.280. The molecule has 0 radical (unpaired) electrons. The van der Waals surface area contributed by atoms with E-state index in [-0.39, 0.29) is 30.9 Å². The second kappa shape index (κ2) is 13.5. The zero-order chi connectivity index (χ0) is 26.9. The molecule has 3 aromatic rings. The predicted molar refractivity (Wildman–Crippen MR) is 150 cm³/mol. The predicted octanol–water partition coefficient (Wildman–Crippen LogP) is 6.40. The summed E-state index contributed by atoms with van der Waals surface area (Å²) in [5.41, 5.74) is 3.73. The molecule has 0 fully saturated rings. The average Bonchev–Trinajstić information content (AvgIpc) is 2.87. The molecule has 0 aliphatic carbocycles. The fraction of sp³-hybridized carbons (Fsp3) is 0.333. The van der Waals surface area contributed by atoms with Gasteiger partial charge in [-0.2, -0.15) is 0 Å². The van der Waals surface area contributed by atoms with Crippen molar-refractivity contribution in [2.24, 2.45) is 5.92 Å². The number of ether oxygens (including phenoxy) is 1. The molecule has 0 heterocycles. The van der Waals surface area contributed by atoms with Gasteiger partial charge in [-0.1, -0.05) is 79.5 Å². The van der Waals surface area contributed by atoms with E-state index in [9.17, 15) is 9.59 Å². The highest BCUT2D eigenvalue weighted by molar-refractivity contribution is 6.36. The molecule has 3 rings (SSSR count). The van der Waals surface area contributed by atoms with Gasteiger partial charge >= 0.3 is 0 Å². The Kier molecular flexibility index (Phi) is 10.4. The Morgan fingerprint density at radius 2 is 1.59 bits per heavy atom. The van der Waals surface area contributed by atoms with Crippen molar-refractivity contribution in [3.63, 3.8) is 0 Å². The van der Waals surface area contributed by atoms with E-state index in [1.165, 1.54) is 4.90 Å². The molecule has 3 aromatic carbocycles. The van der Waals surface area contributed by atoms with Gasteiger partial charge in [0.2, 0.25) is 5.91 Å². The van der Waals surface area contributed by atoms with Gasteiger partial charge in [0.25, 0.3) is 5.91 Å². The van der Waals surface area contributed by atoms with Crippen LogP contribution in [0.4, 0.5) is 0 Å². The normalized spacial score (nSPS) is 11.8. The standard InChI is InChI=1S/C30H34Cl2N2O3/c1-20(2)17-33-30(36)28(16-23-9-6-5-7-10-23)34(18-25-26(31)11-8-12-27(25)32)29(35)19-37-24-14-13-21(3)22(4)15-24/h5-15,20,28H,16-19H2,1-4H3,(H,33,36)/t28-/m1/s1. The van der Waals surface area contributed by atoms with Gasteiger partial charge in [-0.25, -0.2) is 0 Å². The van der Waals surface area contributed by atoms with Gasteiger partial charge in [-0.15, -0.1) is 0 Å². The van der Waals surface area contributed by atoms with Crippen LogP contribution < -0.4 is 10.1 Å². The van der Waals surface area contributed by atoms with E-state index < -0.39 is 6.04 Å². The molecule has 0 unspecified atom stereocenters. The molecule has 0 aromatic heterocycles. The molecule has 2 amide bonds. The number of amides is 2. The van der Waals surface area contributed by atoms with E-state index in [2.05, 4.69) is 5.32 Å². The van der Waals surface area contributed by atoms with Crippen LogP contribution in [0, 0.1) is 19.8 Å². The smallest absolute Gasteiger partial charge is 0.261 e. The SMILES string of the molecule is Cc1ccc(OCC(=O)N(Cc2c(Cl)cccc2Cl)[C@H](Cc2ccccc2)C(=O)NCC(C)C)cc1C. The second-order valence-corrected chi connectivity index (χ2v) is 10.4. The summed E-state index contributed by atoms with van der Waals surface area (Å²) in [7, 11) is 0. The molecule has 1 N–H and O–H groups in total. The number of aryl methyl sites for hydroxylation is 2. The molecular weight excluding hydrogens is 507 g/mol. The van der Waals surface area contributed by atoms with Crippen molar-refractivity contribution in [3.8, 4) is 5.75 Å². The molecule has 0 saturated heterocycles. The Morgan fingerprint density at radius 3 is 2.22 bits per heavy atom. The fourth-order valence-corrected chi connectivity index (χ4v) is 4.38. The van der Waals surface area contributed by atoms with Gasteiger partial charge in [0, 0.05) is 35.1 Å². The van der Waals surface area contributed by atoms with Crippen molar-refractivity contribution in [2.75, 3.05) is 13.2 Å². The van der Waals surface area contributed by atoms with E-state index in [1.807, 2.05) is 76.2 Å². The van der Waals surface area contributed by atoms with Crippen molar-refractivity contribution in [2.45, 2.75) is 46.7 Å². The van der Waals surface area contributed by atoms with Gasteiger partial charge in [0.15, 0.2) is 6.61 Å². The zero-order valence-electron chi connectivity index (χ0n) is 21.8. The van der Waals surface area contributed by atoms with E-state index in [1.54, 1.807) is 18.2 Å². The van der Waals surface area contributed by atoms with Crippen LogP contribution in [0.25, 0.3) is 0 Å². The molecule has 0 saturated carbocycles. The molecule has 1 atom stereocenters. The summed E-state index contributed by atoms with van der Waals surface area (Å²) in [4.78, 5) is 28.7. The first kappa shape index (κ1) is 28.5. The summed E-state index contributed by atoms with van der Waals surface area (Å²) < 4.78 is 5.87. The van der Waals surface area contributed by atoms with E-state index >= 15 is 0 Å². The number of nitrogens with zero attached hydrogens (tertiary/aromatic N) is 1. The van der Waals surface area contributed by atoms with Gasteiger partial charge in [0.05, 0.1) is 0 Å². The number of carbonyl (C=O) groups excluding carboxylic acids is 2. The maximum atomic E-state index is 13.7.